The first-order chi connectivity index (χ1) is 19.2. The Bertz CT molecular complexity index is 1270. The van der Waals surface area contributed by atoms with Gasteiger partial charge in [-0.2, -0.15) is 0 Å². The predicted octanol–water partition coefficient (Wildman–Crippen LogP) is 4.43. The van der Waals surface area contributed by atoms with E-state index in [0.29, 0.717) is 6.67 Å². The molecule has 3 aromatic rings. The number of rotatable bonds is 11. The van der Waals surface area contributed by atoms with E-state index < -0.39 is 18.0 Å². The van der Waals surface area contributed by atoms with Crippen molar-refractivity contribution < 1.29 is 19.5 Å². The van der Waals surface area contributed by atoms with Crippen molar-refractivity contribution in [3.8, 4) is 11.1 Å². The minimum Gasteiger partial charge on any atom is -0.394 e. The van der Waals surface area contributed by atoms with Crippen molar-refractivity contribution in [2.24, 2.45) is 5.41 Å². The summed E-state index contributed by atoms with van der Waals surface area (Å²) in [5, 5.41) is 12.9. The van der Waals surface area contributed by atoms with Gasteiger partial charge in [0, 0.05) is 18.1 Å². The zero-order valence-electron chi connectivity index (χ0n) is 23.3. The summed E-state index contributed by atoms with van der Waals surface area (Å²) in [4.78, 5) is 35.6. The van der Waals surface area contributed by atoms with Gasteiger partial charge in [0.2, 0.25) is 11.8 Å². The summed E-state index contributed by atoms with van der Waals surface area (Å²) in [6.07, 6.45) is 3.60. The van der Waals surface area contributed by atoms with Crippen LogP contribution in [0.2, 0.25) is 0 Å². The van der Waals surface area contributed by atoms with Gasteiger partial charge in [0.25, 0.3) is 0 Å². The Hall–Kier alpha value is -4.14. The maximum atomic E-state index is 13.5. The highest BCUT2D eigenvalue weighted by molar-refractivity contribution is 5.88. The van der Waals surface area contributed by atoms with Crippen molar-refractivity contribution in [1.29, 1.82) is 0 Å². The molecule has 0 fully saturated rings. The molecule has 0 unspecified atom stereocenters. The molecule has 0 radical (unpaired) electrons. The van der Waals surface area contributed by atoms with Crippen LogP contribution in [0.25, 0.3) is 11.1 Å². The zero-order valence-corrected chi connectivity index (χ0v) is 23.3. The summed E-state index contributed by atoms with van der Waals surface area (Å²) in [7, 11) is 0. The lowest BCUT2D eigenvalue weighted by atomic mass is 9.87. The van der Waals surface area contributed by atoms with E-state index in [1.54, 1.807) is 0 Å². The summed E-state index contributed by atoms with van der Waals surface area (Å²) in [5.74, 6) is -0.746. The standard InChI is InChI=1S/C32H38N4O4/c1-32(2,3)29(21-37)33-31(39)28(20-30(38)34-40-22-24-10-6-4-7-11-24)36-19-18-35(23-36)27-16-14-26(15-17-27)25-12-8-5-9-13-25/h4-19,28-29,37H,20-23H2,1-3H3,(H,33,39)(H,34,38)/t28-,29+/m0/s1. The van der Waals surface area contributed by atoms with E-state index in [1.165, 1.54) is 0 Å². The number of anilines is 1. The van der Waals surface area contributed by atoms with Crippen LogP contribution in [0.4, 0.5) is 5.69 Å². The number of benzene rings is 3. The maximum absolute atomic E-state index is 13.5. The van der Waals surface area contributed by atoms with Crippen LogP contribution in [0.5, 0.6) is 0 Å². The molecule has 0 saturated heterocycles. The van der Waals surface area contributed by atoms with Gasteiger partial charge in [-0.15, -0.1) is 0 Å². The highest BCUT2D eigenvalue weighted by atomic mass is 16.6. The molecular weight excluding hydrogens is 504 g/mol. The van der Waals surface area contributed by atoms with E-state index in [4.69, 9.17) is 4.84 Å². The third kappa shape index (κ3) is 7.71. The fourth-order valence-corrected chi connectivity index (χ4v) is 4.44. The van der Waals surface area contributed by atoms with Crippen molar-refractivity contribution in [2.75, 3.05) is 18.2 Å². The first-order valence-electron chi connectivity index (χ1n) is 13.5. The number of aliphatic hydroxyl groups excluding tert-OH is 1. The largest absolute Gasteiger partial charge is 0.394 e. The Morgan fingerprint density at radius 1 is 0.900 bits per heavy atom. The number of hydrogen-bond acceptors (Lipinski definition) is 6. The molecule has 3 N–H and O–H groups in total. The van der Waals surface area contributed by atoms with Gasteiger partial charge in [0.1, 0.15) is 6.04 Å². The van der Waals surface area contributed by atoms with Gasteiger partial charge < -0.3 is 20.2 Å². The SMILES string of the molecule is CC(C)(C)[C@@H](CO)NC(=O)[C@H](CC(=O)NOCc1ccccc1)N1C=CN(c2ccc(-c3ccccc3)cc2)C1. The van der Waals surface area contributed by atoms with E-state index >= 15 is 0 Å². The molecule has 2 atom stereocenters. The average Bonchev–Trinajstić information content (AvgIpc) is 3.45. The van der Waals surface area contributed by atoms with Crippen LogP contribution in [0.15, 0.2) is 97.3 Å². The predicted molar refractivity (Wildman–Crippen MR) is 156 cm³/mol. The van der Waals surface area contributed by atoms with Crippen LogP contribution in [-0.4, -0.2) is 47.2 Å². The molecule has 1 aliphatic rings. The van der Waals surface area contributed by atoms with Crippen LogP contribution in [0, 0.1) is 5.41 Å². The molecule has 210 valence electrons. The first kappa shape index (κ1) is 28.9. The van der Waals surface area contributed by atoms with Gasteiger partial charge in [0.15, 0.2) is 0 Å². The molecule has 0 aliphatic carbocycles. The lowest BCUT2D eigenvalue weighted by Gasteiger charge is -2.34. The lowest BCUT2D eigenvalue weighted by molar-refractivity contribution is -0.139. The number of carbonyl (C=O) groups excluding carboxylic acids is 2. The zero-order chi connectivity index (χ0) is 28.5. The van der Waals surface area contributed by atoms with Gasteiger partial charge >= 0.3 is 0 Å². The van der Waals surface area contributed by atoms with Gasteiger partial charge in [-0.3, -0.25) is 14.4 Å². The molecule has 1 aliphatic heterocycles. The number of carbonyl (C=O) groups is 2. The van der Waals surface area contributed by atoms with Crippen LogP contribution >= 0.6 is 0 Å². The summed E-state index contributed by atoms with van der Waals surface area (Å²) < 4.78 is 0. The van der Waals surface area contributed by atoms with Gasteiger partial charge in [-0.25, -0.2) is 5.48 Å². The average molecular weight is 543 g/mol. The number of amides is 2. The second-order valence-corrected chi connectivity index (χ2v) is 11.0. The second-order valence-electron chi connectivity index (χ2n) is 11.0. The number of nitrogens with zero attached hydrogens (tertiary/aromatic N) is 2. The Morgan fingerprint density at radius 2 is 1.52 bits per heavy atom. The summed E-state index contributed by atoms with van der Waals surface area (Å²) in [6.45, 7) is 6.25. The molecule has 0 bridgehead atoms. The van der Waals surface area contributed by atoms with Crippen molar-refractivity contribution in [2.45, 2.75) is 45.9 Å². The topological polar surface area (TPSA) is 94.1 Å². The van der Waals surface area contributed by atoms with E-state index in [1.807, 2.05) is 104 Å². The van der Waals surface area contributed by atoms with Crippen molar-refractivity contribution in [3.63, 3.8) is 0 Å². The van der Waals surface area contributed by atoms with Gasteiger partial charge in [-0.05, 0) is 34.2 Å². The highest BCUT2D eigenvalue weighted by Crippen LogP contribution is 2.26. The minimum atomic E-state index is -0.804. The number of hydrogen-bond donors (Lipinski definition) is 3. The normalized spacial score (nSPS) is 14.6. The Labute approximate surface area is 236 Å². The minimum absolute atomic E-state index is 0.117. The van der Waals surface area contributed by atoms with Gasteiger partial charge in [0.05, 0.1) is 32.3 Å². The Morgan fingerprint density at radius 3 is 2.15 bits per heavy atom. The van der Waals surface area contributed by atoms with E-state index in [2.05, 4.69) is 35.1 Å². The molecule has 0 aromatic heterocycles. The fourth-order valence-electron chi connectivity index (χ4n) is 4.44. The number of hydroxylamine groups is 1. The van der Waals surface area contributed by atoms with Crippen molar-refractivity contribution in [3.05, 3.63) is 103 Å². The molecule has 1 heterocycles. The number of nitrogens with one attached hydrogen (secondary N) is 2. The molecular formula is C32H38N4O4. The summed E-state index contributed by atoms with van der Waals surface area (Å²) in [5.41, 5.74) is 6.26. The van der Waals surface area contributed by atoms with Crippen molar-refractivity contribution >= 4 is 17.5 Å². The summed E-state index contributed by atoms with van der Waals surface area (Å²) >= 11 is 0. The van der Waals surface area contributed by atoms with Crippen LogP contribution in [0.3, 0.4) is 0 Å². The van der Waals surface area contributed by atoms with Gasteiger partial charge in [-0.1, -0.05) is 93.6 Å². The van der Waals surface area contributed by atoms with Crippen LogP contribution < -0.4 is 15.7 Å². The lowest BCUT2D eigenvalue weighted by Crippen LogP contribution is -2.54. The Kier molecular flexibility index (Phi) is 9.58. The smallest absolute Gasteiger partial charge is 0.246 e. The van der Waals surface area contributed by atoms with E-state index in [-0.39, 0.29) is 31.0 Å². The molecule has 8 nitrogen and oxygen atoms in total. The molecule has 2 amide bonds. The third-order valence-corrected chi connectivity index (χ3v) is 6.95. The quantitative estimate of drug-likeness (QED) is 0.310. The highest BCUT2D eigenvalue weighted by Gasteiger charge is 2.34. The number of aliphatic hydroxyl groups is 1. The molecule has 40 heavy (non-hydrogen) atoms. The molecule has 0 spiro atoms. The molecule has 3 aromatic carbocycles. The first-order valence-corrected chi connectivity index (χ1v) is 13.5. The monoisotopic (exact) mass is 542 g/mol. The third-order valence-electron chi connectivity index (χ3n) is 6.95. The van der Waals surface area contributed by atoms with E-state index in [9.17, 15) is 14.7 Å². The van der Waals surface area contributed by atoms with Crippen molar-refractivity contribution in [1.82, 2.24) is 15.7 Å². The van der Waals surface area contributed by atoms with Crippen LogP contribution in [0.1, 0.15) is 32.8 Å². The van der Waals surface area contributed by atoms with Crippen LogP contribution in [-0.2, 0) is 21.0 Å². The summed E-state index contributed by atoms with van der Waals surface area (Å²) in [6, 6.07) is 26.6. The molecule has 4 rings (SSSR count). The Balaban J connectivity index is 1.43. The fraction of sp³-hybridized carbons (Fsp3) is 0.312. The maximum Gasteiger partial charge on any atom is 0.246 e. The molecule has 0 saturated carbocycles. The van der Waals surface area contributed by atoms with E-state index in [0.717, 1.165) is 22.4 Å². The molecule has 8 heteroatoms. The second kappa shape index (κ2) is 13.3.